The Labute approximate surface area is 113 Å². The summed E-state index contributed by atoms with van der Waals surface area (Å²) < 4.78 is 11.1. The van der Waals surface area contributed by atoms with Gasteiger partial charge in [-0.05, 0) is 19.1 Å². The van der Waals surface area contributed by atoms with Gasteiger partial charge >= 0.3 is 0 Å². The minimum Gasteiger partial charge on any atom is -0.490 e. The van der Waals surface area contributed by atoms with Gasteiger partial charge in [0, 0.05) is 24.2 Å². The zero-order valence-electron chi connectivity index (χ0n) is 11.3. The van der Waals surface area contributed by atoms with Gasteiger partial charge in [-0.15, -0.1) is 0 Å². The first-order valence-corrected chi connectivity index (χ1v) is 6.54. The van der Waals surface area contributed by atoms with E-state index in [0.29, 0.717) is 24.7 Å². The highest BCUT2D eigenvalue weighted by Crippen LogP contribution is 2.32. The third-order valence-electron chi connectivity index (χ3n) is 3.22. The van der Waals surface area contributed by atoms with Crippen molar-refractivity contribution in [2.75, 3.05) is 18.5 Å². The monoisotopic (exact) mass is 264 g/mol. The predicted octanol–water partition coefficient (Wildman–Crippen LogP) is 1.77. The quantitative estimate of drug-likeness (QED) is 0.872. The Hall–Kier alpha value is -1.75. The highest BCUT2D eigenvalue weighted by Gasteiger charge is 2.18. The number of hydrogen-bond acceptors (Lipinski definition) is 4. The number of rotatable bonds is 3. The normalized spacial score (nSPS) is 17.2. The maximum Gasteiger partial charge on any atom is 0.228 e. The van der Waals surface area contributed by atoms with Crippen LogP contribution in [0.15, 0.2) is 18.2 Å². The van der Waals surface area contributed by atoms with Crippen molar-refractivity contribution < 1.29 is 14.3 Å². The summed E-state index contributed by atoms with van der Waals surface area (Å²) in [5, 5.41) is 2.84. The second kappa shape index (κ2) is 5.93. The van der Waals surface area contributed by atoms with Gasteiger partial charge in [0.2, 0.25) is 5.91 Å². The van der Waals surface area contributed by atoms with Gasteiger partial charge in [0.1, 0.15) is 0 Å². The number of hydrogen-bond donors (Lipinski definition) is 2. The number of amides is 1. The van der Waals surface area contributed by atoms with Crippen LogP contribution < -0.4 is 20.5 Å². The molecule has 1 aromatic carbocycles. The molecule has 2 unspecified atom stereocenters. The van der Waals surface area contributed by atoms with Gasteiger partial charge in [0.15, 0.2) is 11.5 Å². The first kappa shape index (κ1) is 13.7. The zero-order valence-corrected chi connectivity index (χ0v) is 11.3. The van der Waals surface area contributed by atoms with E-state index in [0.717, 1.165) is 12.2 Å². The second-order valence-electron chi connectivity index (χ2n) is 4.85. The van der Waals surface area contributed by atoms with Crippen LogP contribution in [0, 0.1) is 5.92 Å². The van der Waals surface area contributed by atoms with Crippen molar-refractivity contribution in [2.24, 2.45) is 11.7 Å². The molecule has 5 nitrogen and oxygen atoms in total. The number of nitrogens with two attached hydrogens (primary N) is 1. The van der Waals surface area contributed by atoms with Crippen LogP contribution in [0.3, 0.4) is 0 Å². The third kappa shape index (κ3) is 3.38. The van der Waals surface area contributed by atoms with Crippen molar-refractivity contribution in [3.63, 3.8) is 0 Å². The predicted molar refractivity (Wildman–Crippen MR) is 73.5 cm³/mol. The smallest absolute Gasteiger partial charge is 0.228 e. The van der Waals surface area contributed by atoms with Gasteiger partial charge in [-0.2, -0.15) is 0 Å². The number of anilines is 1. The van der Waals surface area contributed by atoms with Crippen LogP contribution in [0.4, 0.5) is 5.69 Å². The average Bonchev–Trinajstić information content (AvgIpc) is 2.62. The Morgan fingerprint density at radius 2 is 1.95 bits per heavy atom. The van der Waals surface area contributed by atoms with Crippen molar-refractivity contribution in [3.05, 3.63) is 18.2 Å². The number of carbonyl (C=O) groups excluding carboxylic acids is 1. The summed E-state index contributed by atoms with van der Waals surface area (Å²) in [4.78, 5) is 11.9. The lowest BCUT2D eigenvalue weighted by atomic mass is 10.0. The van der Waals surface area contributed by atoms with E-state index in [1.807, 2.05) is 19.9 Å². The molecule has 5 heteroatoms. The Kier molecular flexibility index (Phi) is 4.27. The van der Waals surface area contributed by atoms with E-state index in [-0.39, 0.29) is 17.9 Å². The molecule has 19 heavy (non-hydrogen) atoms. The molecule has 0 aromatic heterocycles. The number of fused-ring (bicyclic) bond motifs is 1. The largest absolute Gasteiger partial charge is 0.490 e. The fourth-order valence-corrected chi connectivity index (χ4v) is 1.74. The Morgan fingerprint density at radius 3 is 2.63 bits per heavy atom. The minimum atomic E-state index is -0.240. The van der Waals surface area contributed by atoms with Crippen molar-refractivity contribution in [1.29, 1.82) is 0 Å². The lowest BCUT2D eigenvalue weighted by Crippen LogP contribution is -2.34. The van der Waals surface area contributed by atoms with Crippen LogP contribution in [0.5, 0.6) is 11.5 Å². The van der Waals surface area contributed by atoms with Crippen LogP contribution in [0.2, 0.25) is 0 Å². The van der Waals surface area contributed by atoms with Gasteiger partial charge in [-0.1, -0.05) is 6.92 Å². The van der Waals surface area contributed by atoms with Gasteiger partial charge in [-0.3, -0.25) is 4.79 Å². The number of carbonyl (C=O) groups is 1. The van der Waals surface area contributed by atoms with Gasteiger partial charge < -0.3 is 20.5 Å². The van der Waals surface area contributed by atoms with E-state index in [2.05, 4.69) is 5.32 Å². The number of benzene rings is 1. The van der Waals surface area contributed by atoms with Crippen LogP contribution >= 0.6 is 0 Å². The topological polar surface area (TPSA) is 73.6 Å². The molecule has 2 atom stereocenters. The zero-order chi connectivity index (χ0) is 13.8. The summed E-state index contributed by atoms with van der Waals surface area (Å²) in [6.45, 7) is 4.91. The van der Waals surface area contributed by atoms with E-state index < -0.39 is 0 Å². The molecule has 0 spiro atoms. The molecule has 0 bridgehead atoms. The lowest BCUT2D eigenvalue weighted by Gasteiger charge is -2.16. The molecule has 1 aromatic rings. The van der Waals surface area contributed by atoms with Crippen molar-refractivity contribution >= 4 is 11.6 Å². The fourth-order valence-electron chi connectivity index (χ4n) is 1.74. The molecule has 0 radical (unpaired) electrons. The summed E-state index contributed by atoms with van der Waals surface area (Å²) in [6, 6.07) is 5.22. The maximum atomic E-state index is 11.9. The van der Waals surface area contributed by atoms with Crippen molar-refractivity contribution in [2.45, 2.75) is 26.3 Å². The lowest BCUT2D eigenvalue weighted by molar-refractivity contribution is -0.119. The maximum absolute atomic E-state index is 11.9. The summed E-state index contributed by atoms with van der Waals surface area (Å²) in [5.74, 6) is 1.06. The van der Waals surface area contributed by atoms with Crippen LogP contribution in [-0.4, -0.2) is 25.2 Å². The Balaban J connectivity index is 2.09. The molecular weight excluding hydrogens is 244 g/mol. The minimum absolute atomic E-state index is 0.0931. The van der Waals surface area contributed by atoms with Crippen LogP contribution in [0.25, 0.3) is 0 Å². The van der Waals surface area contributed by atoms with E-state index in [1.165, 1.54) is 0 Å². The van der Waals surface area contributed by atoms with Gasteiger partial charge in [0.25, 0.3) is 0 Å². The van der Waals surface area contributed by atoms with E-state index in [9.17, 15) is 4.79 Å². The van der Waals surface area contributed by atoms with Crippen LogP contribution in [0.1, 0.15) is 20.3 Å². The third-order valence-corrected chi connectivity index (χ3v) is 3.22. The molecule has 1 aliphatic rings. The van der Waals surface area contributed by atoms with Gasteiger partial charge in [0.05, 0.1) is 19.1 Å². The van der Waals surface area contributed by atoms with Crippen LogP contribution in [-0.2, 0) is 4.79 Å². The molecule has 1 heterocycles. The highest BCUT2D eigenvalue weighted by atomic mass is 16.5. The fraction of sp³-hybridized carbons (Fsp3) is 0.500. The molecule has 0 aliphatic carbocycles. The summed E-state index contributed by atoms with van der Waals surface area (Å²) in [6.07, 6.45) is 0.859. The summed E-state index contributed by atoms with van der Waals surface area (Å²) >= 11 is 0. The highest BCUT2D eigenvalue weighted by molar-refractivity contribution is 5.93. The Bertz CT molecular complexity index is 460. The first-order chi connectivity index (χ1) is 9.08. The average molecular weight is 264 g/mol. The molecule has 104 valence electrons. The molecule has 0 fully saturated rings. The molecule has 1 amide bonds. The standard InChI is InChI=1S/C14H20N2O3/c1-9(10(2)15)14(17)16-11-4-5-12-13(8-11)19-7-3-6-18-12/h4-5,8-10H,3,6-7,15H2,1-2H3,(H,16,17). The van der Waals surface area contributed by atoms with Gasteiger partial charge in [-0.25, -0.2) is 0 Å². The van der Waals surface area contributed by atoms with E-state index in [4.69, 9.17) is 15.2 Å². The molecule has 0 saturated heterocycles. The summed E-state index contributed by atoms with van der Waals surface area (Å²) in [5.41, 5.74) is 6.41. The first-order valence-electron chi connectivity index (χ1n) is 6.54. The molecule has 0 saturated carbocycles. The van der Waals surface area contributed by atoms with E-state index >= 15 is 0 Å². The molecule has 3 N–H and O–H groups in total. The number of nitrogens with one attached hydrogen (secondary N) is 1. The SMILES string of the molecule is CC(N)C(C)C(=O)Nc1ccc2c(c1)OCCCO2. The molecule has 1 aliphatic heterocycles. The Morgan fingerprint density at radius 1 is 1.26 bits per heavy atom. The summed E-state index contributed by atoms with van der Waals surface area (Å²) in [7, 11) is 0. The second-order valence-corrected chi connectivity index (χ2v) is 4.85. The van der Waals surface area contributed by atoms with Crippen molar-refractivity contribution in [1.82, 2.24) is 0 Å². The molecular formula is C14H20N2O3. The number of ether oxygens (including phenoxy) is 2. The van der Waals surface area contributed by atoms with E-state index in [1.54, 1.807) is 12.1 Å². The molecule has 2 rings (SSSR count). The van der Waals surface area contributed by atoms with Crippen molar-refractivity contribution in [3.8, 4) is 11.5 Å².